The molecule has 0 bridgehead atoms. The molecule has 1 aliphatic carbocycles. The zero-order chi connectivity index (χ0) is 10.5. The topological polar surface area (TPSA) is 38.9 Å². The van der Waals surface area contributed by atoms with Gasteiger partial charge >= 0.3 is 0 Å². The summed E-state index contributed by atoms with van der Waals surface area (Å²) in [6, 6.07) is 0. The van der Waals surface area contributed by atoms with Crippen molar-refractivity contribution in [1.82, 2.24) is 4.98 Å². The van der Waals surface area contributed by atoms with Crippen LogP contribution in [0.4, 0.5) is 0 Å². The van der Waals surface area contributed by atoms with Gasteiger partial charge in [-0.2, -0.15) is 11.8 Å². The van der Waals surface area contributed by atoms with Gasteiger partial charge in [0.2, 0.25) is 0 Å². The van der Waals surface area contributed by atoms with Crippen LogP contribution in [0, 0.1) is 0 Å². The summed E-state index contributed by atoms with van der Waals surface area (Å²) < 4.78 is 0. The van der Waals surface area contributed by atoms with E-state index in [1.54, 1.807) is 11.3 Å². The maximum Gasteiger partial charge on any atom is 0.103 e. The van der Waals surface area contributed by atoms with Crippen LogP contribution in [0.25, 0.3) is 0 Å². The Bertz CT molecular complexity index is 293. The Morgan fingerprint density at radius 3 is 3.00 bits per heavy atom. The van der Waals surface area contributed by atoms with Gasteiger partial charge in [0.05, 0.1) is 5.69 Å². The number of hydrogen-bond acceptors (Lipinski definition) is 4. The van der Waals surface area contributed by atoms with Crippen LogP contribution >= 0.6 is 23.1 Å². The first kappa shape index (κ1) is 11.4. The largest absolute Gasteiger partial charge is 0.330 e. The van der Waals surface area contributed by atoms with E-state index in [2.05, 4.69) is 22.1 Å². The molecule has 4 heteroatoms. The molecule has 1 aromatic rings. The van der Waals surface area contributed by atoms with E-state index in [1.807, 2.05) is 0 Å². The number of hydrogen-bond donors (Lipinski definition) is 1. The first-order valence-electron chi connectivity index (χ1n) is 5.63. The van der Waals surface area contributed by atoms with Gasteiger partial charge in [-0.1, -0.05) is 12.8 Å². The first-order valence-corrected chi connectivity index (χ1v) is 7.56. The second-order valence-corrected chi connectivity index (χ2v) is 6.22. The monoisotopic (exact) mass is 242 g/mol. The van der Waals surface area contributed by atoms with Crippen LogP contribution < -0.4 is 5.73 Å². The van der Waals surface area contributed by atoms with Gasteiger partial charge < -0.3 is 5.73 Å². The molecule has 2 rings (SSSR count). The quantitative estimate of drug-likeness (QED) is 0.863. The molecular weight excluding hydrogens is 224 g/mol. The molecule has 0 unspecified atom stereocenters. The van der Waals surface area contributed by atoms with Crippen molar-refractivity contribution in [2.75, 3.05) is 6.54 Å². The molecule has 0 aliphatic heterocycles. The highest BCUT2D eigenvalue weighted by atomic mass is 32.2. The van der Waals surface area contributed by atoms with Crippen molar-refractivity contribution < 1.29 is 0 Å². The summed E-state index contributed by atoms with van der Waals surface area (Å²) in [5.74, 6) is 1.10. The van der Waals surface area contributed by atoms with Gasteiger partial charge in [-0.3, -0.25) is 0 Å². The third-order valence-corrected chi connectivity index (χ3v) is 5.21. The molecule has 0 spiro atoms. The molecule has 0 radical (unpaired) electrons. The van der Waals surface area contributed by atoms with Crippen LogP contribution in [-0.2, 0) is 12.2 Å². The Hall–Kier alpha value is -0.0600. The summed E-state index contributed by atoms with van der Waals surface area (Å²) in [5.41, 5.74) is 6.67. The van der Waals surface area contributed by atoms with E-state index in [-0.39, 0.29) is 0 Å². The maximum absolute atomic E-state index is 5.50. The summed E-state index contributed by atoms with van der Waals surface area (Å²) in [5, 5.41) is 4.32. The lowest BCUT2D eigenvalue weighted by molar-refractivity contribution is 0.886. The zero-order valence-electron chi connectivity index (χ0n) is 8.95. The van der Waals surface area contributed by atoms with Crippen molar-refractivity contribution in [2.45, 2.75) is 43.1 Å². The summed E-state index contributed by atoms with van der Waals surface area (Å²) >= 11 is 3.87. The molecule has 0 saturated heterocycles. The SMILES string of the molecule is NCCc1csc(CSC2CCCC2)n1. The molecule has 2 N–H and O–H groups in total. The summed E-state index contributed by atoms with van der Waals surface area (Å²) in [4.78, 5) is 4.58. The number of nitrogens with two attached hydrogens (primary N) is 1. The van der Waals surface area contributed by atoms with Gasteiger partial charge in [0.15, 0.2) is 0 Å². The molecule has 2 nitrogen and oxygen atoms in total. The van der Waals surface area contributed by atoms with Crippen LogP contribution in [0.3, 0.4) is 0 Å². The highest BCUT2D eigenvalue weighted by Gasteiger charge is 2.15. The van der Waals surface area contributed by atoms with E-state index in [0.29, 0.717) is 6.54 Å². The number of rotatable bonds is 5. The standard InChI is InChI=1S/C11H18N2S2/c12-6-5-9-7-15-11(13-9)8-14-10-3-1-2-4-10/h7,10H,1-6,8,12H2. The molecule has 0 atom stereocenters. The molecule has 1 aliphatic rings. The molecular formula is C11H18N2S2. The third-order valence-electron chi connectivity index (χ3n) is 2.74. The first-order chi connectivity index (χ1) is 7.38. The normalized spacial score (nSPS) is 17.4. The van der Waals surface area contributed by atoms with Crippen LogP contribution in [0.2, 0.25) is 0 Å². The fraction of sp³-hybridized carbons (Fsp3) is 0.727. The summed E-state index contributed by atoms with van der Waals surface area (Å²) in [6.45, 7) is 0.707. The molecule has 0 amide bonds. The fourth-order valence-electron chi connectivity index (χ4n) is 1.92. The van der Waals surface area contributed by atoms with E-state index >= 15 is 0 Å². The Morgan fingerprint density at radius 1 is 1.47 bits per heavy atom. The second-order valence-electron chi connectivity index (χ2n) is 3.99. The second kappa shape index (κ2) is 5.87. The number of thioether (sulfide) groups is 1. The number of aromatic nitrogens is 1. The van der Waals surface area contributed by atoms with Crippen molar-refractivity contribution in [3.63, 3.8) is 0 Å². The van der Waals surface area contributed by atoms with Crippen LogP contribution in [-0.4, -0.2) is 16.8 Å². The lowest BCUT2D eigenvalue weighted by Crippen LogP contribution is -2.02. The van der Waals surface area contributed by atoms with Crippen LogP contribution in [0.5, 0.6) is 0 Å². The Kier molecular flexibility index (Phi) is 4.47. The summed E-state index contributed by atoms with van der Waals surface area (Å²) in [6.07, 6.45) is 6.59. The van der Waals surface area contributed by atoms with Crippen molar-refractivity contribution in [2.24, 2.45) is 5.73 Å². The predicted octanol–water partition coefficient (Wildman–Crippen LogP) is 2.82. The molecule has 0 aromatic carbocycles. The van der Waals surface area contributed by atoms with E-state index in [0.717, 1.165) is 17.4 Å². The average Bonchev–Trinajstić information content (AvgIpc) is 2.85. The molecule has 1 saturated carbocycles. The Balaban J connectivity index is 1.77. The van der Waals surface area contributed by atoms with Crippen molar-refractivity contribution >= 4 is 23.1 Å². The van der Waals surface area contributed by atoms with E-state index in [9.17, 15) is 0 Å². The minimum atomic E-state index is 0.707. The molecule has 1 fully saturated rings. The molecule has 1 aromatic heterocycles. The predicted molar refractivity (Wildman–Crippen MR) is 68.4 cm³/mol. The average molecular weight is 242 g/mol. The summed E-state index contributed by atoms with van der Waals surface area (Å²) in [7, 11) is 0. The van der Waals surface area contributed by atoms with E-state index in [1.165, 1.54) is 36.4 Å². The van der Waals surface area contributed by atoms with Gasteiger partial charge in [-0.05, 0) is 19.4 Å². The number of nitrogens with zero attached hydrogens (tertiary/aromatic N) is 1. The lowest BCUT2D eigenvalue weighted by Gasteiger charge is -2.05. The minimum absolute atomic E-state index is 0.707. The van der Waals surface area contributed by atoms with Crippen LogP contribution in [0.15, 0.2) is 5.38 Å². The van der Waals surface area contributed by atoms with Crippen molar-refractivity contribution in [3.8, 4) is 0 Å². The third kappa shape index (κ3) is 3.47. The highest BCUT2D eigenvalue weighted by molar-refractivity contribution is 7.99. The van der Waals surface area contributed by atoms with Crippen molar-refractivity contribution in [3.05, 3.63) is 16.1 Å². The van der Waals surface area contributed by atoms with E-state index in [4.69, 9.17) is 5.73 Å². The Labute approximate surface area is 99.7 Å². The van der Waals surface area contributed by atoms with Crippen LogP contribution in [0.1, 0.15) is 36.4 Å². The smallest absolute Gasteiger partial charge is 0.103 e. The molecule has 15 heavy (non-hydrogen) atoms. The highest BCUT2D eigenvalue weighted by Crippen LogP contribution is 2.32. The van der Waals surface area contributed by atoms with Gasteiger partial charge in [-0.25, -0.2) is 4.98 Å². The van der Waals surface area contributed by atoms with Crippen molar-refractivity contribution in [1.29, 1.82) is 0 Å². The molecule has 84 valence electrons. The Morgan fingerprint density at radius 2 is 2.27 bits per heavy atom. The fourth-order valence-corrected chi connectivity index (χ4v) is 4.12. The zero-order valence-corrected chi connectivity index (χ0v) is 10.6. The van der Waals surface area contributed by atoms with Gasteiger partial charge in [0.25, 0.3) is 0 Å². The lowest BCUT2D eigenvalue weighted by atomic mass is 10.3. The minimum Gasteiger partial charge on any atom is -0.330 e. The maximum atomic E-state index is 5.50. The number of thiazole rings is 1. The molecule has 1 heterocycles. The van der Waals surface area contributed by atoms with Gasteiger partial charge in [0.1, 0.15) is 5.01 Å². The van der Waals surface area contributed by atoms with Gasteiger partial charge in [0, 0.05) is 22.8 Å². The van der Waals surface area contributed by atoms with Gasteiger partial charge in [-0.15, -0.1) is 11.3 Å². The van der Waals surface area contributed by atoms with E-state index < -0.39 is 0 Å².